The van der Waals surface area contributed by atoms with Gasteiger partial charge in [0.1, 0.15) is 24.3 Å². The zero-order valence-electron chi connectivity index (χ0n) is 37.5. The van der Waals surface area contributed by atoms with Crippen molar-refractivity contribution in [3.8, 4) is 44.5 Å². The zero-order valence-corrected chi connectivity index (χ0v) is 38.3. The molecule has 4 aromatic heterocycles. The lowest BCUT2D eigenvalue weighted by molar-refractivity contribution is -0.141. The maximum absolute atomic E-state index is 14.1. The van der Waals surface area contributed by atoms with Gasteiger partial charge >= 0.3 is 0 Å². The summed E-state index contributed by atoms with van der Waals surface area (Å²) in [6.07, 6.45) is 2.97. The molecule has 2 fully saturated rings. The van der Waals surface area contributed by atoms with Crippen LogP contribution in [0.1, 0.15) is 43.2 Å². The van der Waals surface area contributed by atoms with Crippen LogP contribution in [0.4, 0.5) is 5.82 Å². The number of phenols is 1. The number of rotatable bonds is 19. The van der Waals surface area contributed by atoms with Crippen molar-refractivity contribution in [3.63, 3.8) is 0 Å². The monoisotopic (exact) mass is 919 g/mol. The summed E-state index contributed by atoms with van der Waals surface area (Å²) >= 11 is 1.59. The van der Waals surface area contributed by atoms with Gasteiger partial charge in [-0.2, -0.15) is 5.10 Å². The van der Waals surface area contributed by atoms with Gasteiger partial charge in [0, 0.05) is 87.7 Å². The Hall–Kier alpha value is -6.25. The quantitative estimate of drug-likeness (QED) is 0.0825. The number of nitrogens with one attached hydrogen (secondary N) is 1. The summed E-state index contributed by atoms with van der Waals surface area (Å²) in [5, 5.41) is 40.7. The van der Waals surface area contributed by atoms with E-state index in [1.165, 1.54) is 4.90 Å². The topological polar surface area (TPSA) is 223 Å². The number of nitrogen functional groups attached to an aromatic ring is 1. The van der Waals surface area contributed by atoms with Gasteiger partial charge in [0.05, 0.1) is 53.8 Å². The van der Waals surface area contributed by atoms with Crippen molar-refractivity contribution in [3.05, 3.63) is 95.6 Å². The van der Waals surface area contributed by atoms with Crippen LogP contribution in [-0.4, -0.2) is 145 Å². The lowest BCUT2D eigenvalue weighted by Crippen LogP contribution is -2.48. The molecule has 2 aliphatic heterocycles. The van der Waals surface area contributed by atoms with Crippen molar-refractivity contribution < 1.29 is 33.8 Å². The van der Waals surface area contributed by atoms with Gasteiger partial charge in [-0.1, -0.05) is 50.2 Å². The Bertz CT molecular complexity index is 2550. The molecular formula is C47H57N11O7S. The Balaban J connectivity index is 0.734. The number of amides is 2. The third kappa shape index (κ3) is 11.2. The number of aromatic hydroxyl groups is 1. The van der Waals surface area contributed by atoms with Crippen molar-refractivity contribution in [2.45, 2.75) is 58.3 Å². The molecule has 0 saturated carbocycles. The number of hydrogen-bond acceptors (Lipinski definition) is 16. The molecule has 2 aromatic carbocycles. The van der Waals surface area contributed by atoms with E-state index >= 15 is 0 Å². The van der Waals surface area contributed by atoms with E-state index in [-0.39, 0.29) is 42.3 Å². The number of thiazole rings is 1. The van der Waals surface area contributed by atoms with Gasteiger partial charge in [-0.25, -0.2) is 4.98 Å². The number of anilines is 1. The van der Waals surface area contributed by atoms with Crippen LogP contribution in [0.2, 0.25) is 0 Å². The van der Waals surface area contributed by atoms with E-state index < -0.39 is 18.1 Å². The van der Waals surface area contributed by atoms with E-state index in [1.807, 2.05) is 67.5 Å². The maximum Gasteiger partial charge on any atom is 0.254 e. The molecule has 3 atom stereocenters. The van der Waals surface area contributed by atoms with Gasteiger partial charge in [-0.3, -0.25) is 24.1 Å². The molecule has 18 nitrogen and oxygen atoms in total. The van der Waals surface area contributed by atoms with Crippen molar-refractivity contribution in [2.24, 2.45) is 5.92 Å². The molecule has 2 amide bonds. The van der Waals surface area contributed by atoms with E-state index in [0.717, 1.165) is 60.0 Å². The van der Waals surface area contributed by atoms with Crippen LogP contribution in [0.5, 0.6) is 11.6 Å². The first kappa shape index (κ1) is 46.3. The fourth-order valence-corrected chi connectivity index (χ4v) is 9.23. The molecule has 66 heavy (non-hydrogen) atoms. The lowest BCUT2D eigenvalue weighted by Gasteiger charge is -2.34. The summed E-state index contributed by atoms with van der Waals surface area (Å²) < 4.78 is 19.4. The first-order chi connectivity index (χ1) is 32.0. The van der Waals surface area contributed by atoms with Gasteiger partial charge in [0.2, 0.25) is 11.8 Å². The summed E-state index contributed by atoms with van der Waals surface area (Å²) in [6.45, 7) is 13.4. The fraction of sp³-hybridized carbons (Fsp3) is 0.426. The highest BCUT2D eigenvalue weighted by atomic mass is 32.1. The number of aliphatic hydroxyl groups is 1. The second kappa shape index (κ2) is 21.4. The number of aliphatic hydroxyl groups excluding tert-OH is 1. The number of ether oxygens (including phenoxy) is 2. The molecule has 348 valence electrons. The largest absolute Gasteiger partial charge is 0.507 e. The molecule has 0 spiro atoms. The lowest BCUT2D eigenvalue weighted by atomic mass is 9.91. The number of likely N-dealkylation sites (tertiary alicyclic amines) is 1. The Morgan fingerprint density at radius 3 is 2.42 bits per heavy atom. The third-order valence-corrected chi connectivity index (χ3v) is 13.1. The SMILES string of the molecule is Cc1ncsc1-c1ccc(CNC(=O)[C@@H]2C[C@@H](O)CN2C(=O)[C@H](c2cc(OCCN3CCN(CCOCCn4cc(-c5cc(-c6ccccc6O)nnc5N)cn4)CC3)no2)C(C)C)cc1. The first-order valence-electron chi connectivity index (χ1n) is 22.3. The average molecular weight is 920 g/mol. The van der Waals surface area contributed by atoms with E-state index in [0.29, 0.717) is 67.9 Å². The zero-order chi connectivity index (χ0) is 46.2. The van der Waals surface area contributed by atoms with E-state index in [2.05, 4.69) is 40.6 Å². The van der Waals surface area contributed by atoms with Crippen LogP contribution in [-0.2, 0) is 27.4 Å². The molecule has 6 aromatic rings. The number of piperazine rings is 1. The number of phenolic OH excluding ortho intramolecular Hbond substituents is 1. The van der Waals surface area contributed by atoms with Gasteiger partial charge in [-0.15, -0.1) is 21.5 Å². The van der Waals surface area contributed by atoms with Crippen LogP contribution in [0.25, 0.3) is 32.8 Å². The normalized spacial score (nSPS) is 17.4. The number of hydrogen-bond donors (Lipinski definition) is 4. The van der Waals surface area contributed by atoms with Crippen LogP contribution in [0.3, 0.4) is 0 Å². The summed E-state index contributed by atoms with van der Waals surface area (Å²) in [6, 6.07) is 17.6. The van der Waals surface area contributed by atoms with Gasteiger partial charge in [0.25, 0.3) is 5.88 Å². The molecule has 0 radical (unpaired) electrons. The van der Waals surface area contributed by atoms with Crippen LogP contribution >= 0.6 is 11.3 Å². The van der Waals surface area contributed by atoms with Crippen molar-refractivity contribution in [2.75, 3.05) is 71.4 Å². The first-order valence-corrected chi connectivity index (χ1v) is 23.2. The van der Waals surface area contributed by atoms with Crippen molar-refractivity contribution in [1.29, 1.82) is 0 Å². The van der Waals surface area contributed by atoms with Gasteiger partial charge < -0.3 is 40.2 Å². The van der Waals surface area contributed by atoms with Gasteiger partial charge in [-0.05, 0) is 47.3 Å². The maximum atomic E-state index is 14.1. The van der Waals surface area contributed by atoms with Gasteiger partial charge in [0.15, 0.2) is 11.6 Å². The highest BCUT2D eigenvalue weighted by molar-refractivity contribution is 7.13. The van der Waals surface area contributed by atoms with Crippen LogP contribution < -0.4 is 15.8 Å². The Morgan fingerprint density at radius 2 is 1.70 bits per heavy atom. The number of aryl methyl sites for hydroxylation is 1. The van der Waals surface area contributed by atoms with E-state index in [1.54, 1.807) is 47.9 Å². The Kier molecular flexibility index (Phi) is 15.0. The number of benzene rings is 2. The number of β-amino-alcohol motifs (C(OH)–C–C–N with tert-alkyl or cyclic N) is 1. The van der Waals surface area contributed by atoms with Crippen molar-refractivity contribution in [1.82, 2.24) is 50.1 Å². The molecule has 0 unspecified atom stereocenters. The van der Waals surface area contributed by atoms with E-state index in [9.17, 15) is 19.8 Å². The molecular weight excluding hydrogens is 863 g/mol. The third-order valence-electron chi connectivity index (χ3n) is 12.1. The van der Waals surface area contributed by atoms with E-state index in [4.69, 9.17) is 19.7 Å². The van der Waals surface area contributed by atoms with Crippen LogP contribution in [0, 0.1) is 12.8 Å². The second-order valence-electron chi connectivity index (χ2n) is 17.0. The minimum atomic E-state index is -0.815. The smallest absolute Gasteiger partial charge is 0.254 e. The highest BCUT2D eigenvalue weighted by Crippen LogP contribution is 2.34. The molecule has 0 bridgehead atoms. The predicted molar refractivity (Wildman–Crippen MR) is 248 cm³/mol. The molecule has 5 N–H and O–H groups in total. The second-order valence-corrected chi connectivity index (χ2v) is 17.9. The number of nitrogens with zero attached hydrogens (tertiary/aromatic N) is 9. The van der Waals surface area contributed by atoms with Crippen LogP contribution in [0.15, 0.2) is 83.1 Å². The summed E-state index contributed by atoms with van der Waals surface area (Å²) in [5.74, 6) is -0.430. The average Bonchev–Trinajstić information content (AvgIpc) is 4.15. The standard InChI is InChI=1S/C47H57N11O7S/c1-30(2)43(47(62)58-28-35(59)22-39(58)46(61)49-25-32-8-10-33(11-9-32)44-31(3)50-29-66-44)41-24-42(54-65-41)64-21-17-56-14-12-55(13-15-56)16-19-63-20-18-57-27-34(26-51-57)37-23-38(52-53-45(37)48)36-6-4-5-7-40(36)60/h4-11,23-24,26-27,29-30,35,39,43,59-60H,12-22,25,28H2,1-3H3,(H2,48,53)(H,49,61)/t35-,39+,43+/m1/s1. The number of aromatic nitrogens is 6. The highest BCUT2D eigenvalue weighted by Gasteiger charge is 2.43. The summed E-state index contributed by atoms with van der Waals surface area (Å²) in [5.41, 5.74) is 13.5. The Labute approximate surface area is 387 Å². The fourth-order valence-electron chi connectivity index (χ4n) is 8.42. The predicted octanol–water partition coefficient (Wildman–Crippen LogP) is 4.45. The molecule has 2 saturated heterocycles. The Morgan fingerprint density at radius 1 is 0.955 bits per heavy atom. The minimum Gasteiger partial charge on any atom is -0.507 e. The summed E-state index contributed by atoms with van der Waals surface area (Å²) in [4.78, 5) is 39.2. The number of para-hydroxylation sites is 1. The molecule has 6 heterocycles. The number of nitrogens with two attached hydrogens (primary N) is 1. The molecule has 2 aliphatic rings. The minimum absolute atomic E-state index is 0.0579. The molecule has 19 heteroatoms. The summed E-state index contributed by atoms with van der Waals surface area (Å²) in [7, 11) is 0. The van der Waals surface area contributed by atoms with Crippen molar-refractivity contribution >= 4 is 29.0 Å². The molecule has 8 rings (SSSR count). The number of carbonyl (C=O) groups is 2. The molecule has 0 aliphatic carbocycles. The number of carbonyl (C=O) groups excluding carboxylic acids is 2.